The van der Waals surface area contributed by atoms with Crippen molar-refractivity contribution in [3.63, 3.8) is 0 Å². The maximum atomic E-state index is 13.8. The molecule has 5 nitrogen and oxygen atoms in total. The van der Waals surface area contributed by atoms with Gasteiger partial charge >= 0.3 is 0 Å². The Bertz CT molecular complexity index is 1310. The Hall–Kier alpha value is -4.38. The van der Waals surface area contributed by atoms with E-state index in [0.29, 0.717) is 12.1 Å². The molecule has 4 aromatic carbocycles. The van der Waals surface area contributed by atoms with Crippen LogP contribution in [0.1, 0.15) is 44.7 Å². The molecule has 1 heterocycles. The van der Waals surface area contributed by atoms with E-state index in [1.165, 1.54) is 0 Å². The molecule has 1 N–H and O–H groups in total. The molecule has 180 valence electrons. The van der Waals surface area contributed by atoms with E-state index in [9.17, 15) is 9.59 Å². The van der Waals surface area contributed by atoms with E-state index in [1.54, 1.807) is 4.90 Å². The van der Waals surface area contributed by atoms with Crippen LogP contribution in [0.3, 0.4) is 0 Å². The Morgan fingerprint density at radius 3 is 1.94 bits per heavy atom. The third kappa shape index (κ3) is 4.48. The molecular formula is C31H29N3O2. The van der Waals surface area contributed by atoms with Crippen molar-refractivity contribution in [3.8, 4) is 0 Å². The van der Waals surface area contributed by atoms with Gasteiger partial charge in [0.15, 0.2) is 0 Å². The molecule has 0 aromatic heterocycles. The molecule has 0 radical (unpaired) electrons. The van der Waals surface area contributed by atoms with Gasteiger partial charge in [0.05, 0.1) is 6.04 Å². The third-order valence-corrected chi connectivity index (χ3v) is 6.68. The largest absolute Gasteiger partial charge is 0.378 e. The van der Waals surface area contributed by atoms with E-state index < -0.39 is 12.1 Å². The van der Waals surface area contributed by atoms with Crippen LogP contribution in [-0.4, -0.2) is 30.8 Å². The lowest BCUT2D eigenvalue weighted by atomic mass is 9.95. The second-order valence-electron chi connectivity index (χ2n) is 9.20. The maximum absolute atomic E-state index is 13.8. The molecule has 5 rings (SSSR count). The Labute approximate surface area is 212 Å². The fraction of sp³-hybridized carbons (Fsp3) is 0.161. The minimum atomic E-state index is -0.736. The van der Waals surface area contributed by atoms with Crippen LogP contribution in [0.2, 0.25) is 0 Å². The van der Waals surface area contributed by atoms with Gasteiger partial charge in [-0.1, -0.05) is 91.0 Å². The van der Waals surface area contributed by atoms with Crippen molar-refractivity contribution < 1.29 is 9.59 Å². The summed E-state index contributed by atoms with van der Waals surface area (Å²) in [6.07, 6.45) is 0. The summed E-state index contributed by atoms with van der Waals surface area (Å²) >= 11 is 0. The molecule has 4 aromatic rings. The molecule has 36 heavy (non-hydrogen) atoms. The van der Waals surface area contributed by atoms with E-state index in [4.69, 9.17) is 0 Å². The Kier molecular flexibility index (Phi) is 6.54. The maximum Gasteiger partial charge on any atom is 0.255 e. The number of carbonyl (C=O) groups is 2. The molecule has 0 saturated carbocycles. The zero-order valence-corrected chi connectivity index (χ0v) is 20.5. The average Bonchev–Trinajstić information content (AvgIpc) is 3.21. The number of anilines is 1. The van der Waals surface area contributed by atoms with Gasteiger partial charge in [-0.3, -0.25) is 9.59 Å². The van der Waals surface area contributed by atoms with E-state index in [2.05, 4.69) is 5.32 Å². The molecule has 0 bridgehead atoms. The minimum Gasteiger partial charge on any atom is -0.378 e. The topological polar surface area (TPSA) is 52.7 Å². The van der Waals surface area contributed by atoms with Crippen LogP contribution in [0.4, 0.5) is 5.69 Å². The van der Waals surface area contributed by atoms with Crippen LogP contribution in [0, 0.1) is 0 Å². The summed E-state index contributed by atoms with van der Waals surface area (Å²) in [5.74, 6) is -0.333. The predicted molar refractivity (Wildman–Crippen MR) is 143 cm³/mol. The number of carbonyl (C=O) groups excluding carboxylic acids is 2. The van der Waals surface area contributed by atoms with Gasteiger partial charge in [0.25, 0.3) is 5.91 Å². The van der Waals surface area contributed by atoms with Gasteiger partial charge in [0.2, 0.25) is 5.91 Å². The summed E-state index contributed by atoms with van der Waals surface area (Å²) in [6, 6.07) is 34.2. The van der Waals surface area contributed by atoms with Crippen LogP contribution >= 0.6 is 0 Å². The first-order chi connectivity index (χ1) is 17.5. The molecule has 1 aliphatic heterocycles. The van der Waals surface area contributed by atoms with Crippen molar-refractivity contribution in [1.29, 1.82) is 0 Å². The molecule has 2 amide bonds. The Balaban J connectivity index is 1.50. The van der Waals surface area contributed by atoms with Crippen LogP contribution in [-0.2, 0) is 11.3 Å². The van der Waals surface area contributed by atoms with Crippen molar-refractivity contribution in [3.05, 3.63) is 137 Å². The molecule has 0 aliphatic carbocycles. The lowest BCUT2D eigenvalue weighted by Crippen LogP contribution is -2.41. The van der Waals surface area contributed by atoms with Crippen LogP contribution < -0.4 is 10.2 Å². The van der Waals surface area contributed by atoms with Gasteiger partial charge in [-0.25, -0.2) is 0 Å². The number of amides is 2. The van der Waals surface area contributed by atoms with E-state index in [1.807, 2.05) is 128 Å². The smallest absolute Gasteiger partial charge is 0.255 e. The highest BCUT2D eigenvalue weighted by Gasteiger charge is 2.45. The van der Waals surface area contributed by atoms with Gasteiger partial charge in [0.1, 0.15) is 6.04 Å². The first kappa shape index (κ1) is 23.4. The van der Waals surface area contributed by atoms with Gasteiger partial charge in [0, 0.05) is 31.9 Å². The summed E-state index contributed by atoms with van der Waals surface area (Å²) in [6.45, 7) is 0.384. The van der Waals surface area contributed by atoms with Gasteiger partial charge < -0.3 is 15.1 Å². The highest BCUT2D eigenvalue weighted by atomic mass is 16.2. The lowest BCUT2D eigenvalue weighted by Gasteiger charge is -2.33. The summed E-state index contributed by atoms with van der Waals surface area (Å²) in [7, 11) is 3.99. The Morgan fingerprint density at radius 1 is 0.806 bits per heavy atom. The third-order valence-electron chi connectivity index (χ3n) is 6.68. The van der Waals surface area contributed by atoms with Gasteiger partial charge in [-0.05, 0) is 40.5 Å². The van der Waals surface area contributed by atoms with Gasteiger partial charge in [-0.15, -0.1) is 0 Å². The number of benzene rings is 4. The highest BCUT2D eigenvalue weighted by Crippen LogP contribution is 2.42. The second-order valence-corrected chi connectivity index (χ2v) is 9.20. The van der Waals surface area contributed by atoms with Crippen LogP contribution in [0.15, 0.2) is 109 Å². The fourth-order valence-corrected chi connectivity index (χ4v) is 4.85. The van der Waals surface area contributed by atoms with E-state index in [-0.39, 0.29) is 11.8 Å². The second kappa shape index (κ2) is 10.1. The quantitative estimate of drug-likeness (QED) is 0.392. The molecule has 0 fully saturated rings. The molecule has 0 spiro atoms. The molecule has 1 atom stereocenters. The highest BCUT2D eigenvalue weighted by molar-refractivity contribution is 6.05. The summed E-state index contributed by atoms with van der Waals surface area (Å²) < 4.78 is 0. The van der Waals surface area contributed by atoms with Crippen LogP contribution in [0.5, 0.6) is 0 Å². The first-order valence-electron chi connectivity index (χ1n) is 12.1. The standard InChI is InChI=1S/C31H29N3O2/c1-33(2)25-19-17-22(18-20-25)21-32-30(35)29-26-15-9-10-16-27(26)31(36)34(29)28(23-11-5-3-6-12-23)24-13-7-4-8-14-24/h3-20,28-29H,21H2,1-2H3,(H,32,35). The van der Waals surface area contributed by atoms with Crippen LogP contribution in [0.25, 0.3) is 0 Å². The van der Waals surface area contributed by atoms with E-state index in [0.717, 1.165) is 27.9 Å². The van der Waals surface area contributed by atoms with Crippen molar-refractivity contribution in [2.75, 3.05) is 19.0 Å². The first-order valence-corrected chi connectivity index (χ1v) is 12.1. The van der Waals surface area contributed by atoms with E-state index >= 15 is 0 Å². The zero-order valence-electron chi connectivity index (χ0n) is 20.5. The van der Waals surface area contributed by atoms with Crippen molar-refractivity contribution >= 4 is 17.5 Å². The van der Waals surface area contributed by atoms with Crippen molar-refractivity contribution in [2.45, 2.75) is 18.6 Å². The molecule has 5 heteroatoms. The number of nitrogens with zero attached hydrogens (tertiary/aromatic N) is 2. The van der Waals surface area contributed by atoms with Gasteiger partial charge in [-0.2, -0.15) is 0 Å². The molecule has 1 aliphatic rings. The number of hydrogen-bond donors (Lipinski definition) is 1. The number of fused-ring (bicyclic) bond motifs is 1. The monoisotopic (exact) mass is 475 g/mol. The number of hydrogen-bond acceptors (Lipinski definition) is 3. The lowest BCUT2D eigenvalue weighted by molar-refractivity contribution is -0.126. The van der Waals surface area contributed by atoms with Crippen molar-refractivity contribution in [2.24, 2.45) is 0 Å². The summed E-state index contributed by atoms with van der Waals surface area (Å²) in [5, 5.41) is 3.09. The summed E-state index contributed by atoms with van der Waals surface area (Å²) in [5.41, 5.74) is 5.33. The van der Waals surface area contributed by atoms with Crippen molar-refractivity contribution in [1.82, 2.24) is 10.2 Å². The zero-order chi connectivity index (χ0) is 25.1. The normalized spacial score (nSPS) is 14.6. The Morgan fingerprint density at radius 2 is 1.36 bits per heavy atom. The average molecular weight is 476 g/mol. The summed E-state index contributed by atoms with van der Waals surface area (Å²) in [4.78, 5) is 31.4. The minimum absolute atomic E-state index is 0.140. The SMILES string of the molecule is CN(C)c1ccc(CNC(=O)C2c3ccccc3C(=O)N2C(c2ccccc2)c2ccccc2)cc1. The predicted octanol–water partition coefficient (Wildman–Crippen LogP) is 5.36. The number of nitrogens with one attached hydrogen (secondary N) is 1. The molecule has 1 unspecified atom stereocenters. The molecule has 0 saturated heterocycles. The molecular weight excluding hydrogens is 446 g/mol. The fourth-order valence-electron chi connectivity index (χ4n) is 4.85. The number of rotatable bonds is 7.